The summed E-state index contributed by atoms with van der Waals surface area (Å²) in [6, 6.07) is 10.1. The minimum atomic E-state index is 0.776. The van der Waals surface area contributed by atoms with Gasteiger partial charge in [0.05, 0.1) is 11.2 Å². The zero-order valence-corrected chi connectivity index (χ0v) is 11.6. The van der Waals surface area contributed by atoms with Crippen molar-refractivity contribution in [3.05, 3.63) is 36.0 Å². The molecule has 1 aromatic carbocycles. The van der Waals surface area contributed by atoms with E-state index in [1.54, 1.807) is 0 Å². The van der Waals surface area contributed by atoms with Crippen molar-refractivity contribution in [2.24, 2.45) is 11.8 Å². The van der Waals surface area contributed by atoms with Gasteiger partial charge in [-0.2, -0.15) is 0 Å². The van der Waals surface area contributed by atoms with Crippen LogP contribution in [-0.4, -0.2) is 23.0 Å². The average molecular weight is 255 g/mol. The molecule has 0 amide bonds. The average Bonchev–Trinajstić information content (AvgIpc) is 2.68. The van der Waals surface area contributed by atoms with E-state index in [0.29, 0.717) is 0 Å². The molecule has 1 aliphatic heterocycles. The largest absolute Gasteiger partial charge is 0.398 e. The van der Waals surface area contributed by atoms with Crippen molar-refractivity contribution in [1.29, 1.82) is 0 Å². The molecule has 100 valence electrons. The maximum absolute atomic E-state index is 6.13. The molecule has 2 heterocycles. The molecule has 1 aromatic heterocycles. The SMILES string of the molecule is CC1CN(Cc2cc(N)c3ccccc3n2)CC1C. The number of rotatable bonds is 2. The molecule has 0 radical (unpaired) electrons. The van der Waals surface area contributed by atoms with E-state index < -0.39 is 0 Å². The second-order valence-electron chi connectivity index (χ2n) is 5.87. The number of pyridine rings is 1. The highest BCUT2D eigenvalue weighted by Gasteiger charge is 2.26. The number of nitrogens with zero attached hydrogens (tertiary/aromatic N) is 2. The van der Waals surface area contributed by atoms with Gasteiger partial charge in [0.2, 0.25) is 0 Å². The molecule has 0 aliphatic carbocycles. The maximum Gasteiger partial charge on any atom is 0.0726 e. The molecule has 0 bridgehead atoms. The van der Waals surface area contributed by atoms with Gasteiger partial charge in [-0.3, -0.25) is 9.88 Å². The normalized spacial score (nSPS) is 24.1. The highest BCUT2D eigenvalue weighted by atomic mass is 15.2. The molecule has 3 rings (SSSR count). The summed E-state index contributed by atoms with van der Waals surface area (Å²) in [5, 5.41) is 1.05. The number of nitrogen functional groups attached to an aromatic ring is 1. The van der Waals surface area contributed by atoms with Crippen LogP contribution in [0.3, 0.4) is 0 Å². The number of aromatic nitrogens is 1. The topological polar surface area (TPSA) is 42.1 Å². The molecule has 1 aliphatic rings. The second kappa shape index (κ2) is 4.82. The Morgan fingerprint density at radius 1 is 1.21 bits per heavy atom. The van der Waals surface area contributed by atoms with Crippen LogP contribution in [0, 0.1) is 11.8 Å². The van der Waals surface area contributed by atoms with Gasteiger partial charge in [0, 0.05) is 30.7 Å². The fourth-order valence-corrected chi connectivity index (χ4v) is 2.95. The van der Waals surface area contributed by atoms with Crippen LogP contribution in [0.15, 0.2) is 30.3 Å². The van der Waals surface area contributed by atoms with Crippen molar-refractivity contribution >= 4 is 16.6 Å². The van der Waals surface area contributed by atoms with Crippen LogP contribution < -0.4 is 5.73 Å². The zero-order chi connectivity index (χ0) is 13.4. The van der Waals surface area contributed by atoms with Gasteiger partial charge in [-0.25, -0.2) is 0 Å². The Bertz CT molecular complexity index is 584. The van der Waals surface area contributed by atoms with Crippen molar-refractivity contribution in [3.8, 4) is 0 Å². The first-order valence-electron chi connectivity index (χ1n) is 7.00. The van der Waals surface area contributed by atoms with E-state index in [0.717, 1.165) is 53.8 Å². The first-order chi connectivity index (χ1) is 9.13. The summed E-state index contributed by atoms with van der Waals surface area (Å²) in [5.41, 5.74) is 9.04. The van der Waals surface area contributed by atoms with Gasteiger partial charge in [0.1, 0.15) is 0 Å². The lowest BCUT2D eigenvalue weighted by Crippen LogP contribution is -2.20. The molecule has 2 aromatic rings. The standard InChI is InChI=1S/C16H21N3/c1-11-8-19(9-12(11)2)10-13-7-15(17)14-5-3-4-6-16(14)18-13/h3-7,11-12H,8-10H2,1-2H3,(H2,17,18). The molecule has 2 N–H and O–H groups in total. The van der Waals surface area contributed by atoms with E-state index in [-0.39, 0.29) is 0 Å². The summed E-state index contributed by atoms with van der Waals surface area (Å²) in [6.45, 7) is 7.88. The number of para-hydroxylation sites is 1. The predicted molar refractivity (Wildman–Crippen MR) is 79.8 cm³/mol. The third kappa shape index (κ3) is 2.43. The van der Waals surface area contributed by atoms with E-state index in [1.807, 2.05) is 30.3 Å². The third-order valence-electron chi connectivity index (χ3n) is 4.25. The second-order valence-corrected chi connectivity index (χ2v) is 5.87. The number of benzene rings is 1. The van der Waals surface area contributed by atoms with Gasteiger partial charge >= 0.3 is 0 Å². The molecule has 0 saturated carbocycles. The van der Waals surface area contributed by atoms with Gasteiger partial charge in [0.25, 0.3) is 0 Å². The van der Waals surface area contributed by atoms with E-state index >= 15 is 0 Å². The predicted octanol–water partition coefficient (Wildman–Crippen LogP) is 2.90. The van der Waals surface area contributed by atoms with Crippen LogP contribution in [0.5, 0.6) is 0 Å². The van der Waals surface area contributed by atoms with Gasteiger partial charge < -0.3 is 5.73 Å². The molecule has 19 heavy (non-hydrogen) atoms. The first kappa shape index (κ1) is 12.4. The quantitative estimate of drug-likeness (QED) is 0.897. The first-order valence-corrected chi connectivity index (χ1v) is 7.00. The zero-order valence-electron chi connectivity index (χ0n) is 11.6. The Labute approximate surface area is 114 Å². The van der Waals surface area contributed by atoms with Crippen LogP contribution in [-0.2, 0) is 6.54 Å². The molecular formula is C16H21N3. The van der Waals surface area contributed by atoms with Crippen molar-refractivity contribution in [3.63, 3.8) is 0 Å². The minimum absolute atomic E-state index is 0.776. The highest BCUT2D eigenvalue weighted by Crippen LogP contribution is 2.25. The number of nitrogens with two attached hydrogens (primary N) is 1. The Kier molecular flexibility index (Phi) is 3.15. The summed E-state index contributed by atoms with van der Waals surface area (Å²) >= 11 is 0. The summed E-state index contributed by atoms with van der Waals surface area (Å²) in [4.78, 5) is 7.21. The van der Waals surface area contributed by atoms with Crippen LogP contribution in [0.25, 0.3) is 10.9 Å². The van der Waals surface area contributed by atoms with Gasteiger partial charge in [-0.15, -0.1) is 0 Å². The van der Waals surface area contributed by atoms with Gasteiger partial charge in [-0.05, 0) is 24.0 Å². The Balaban J connectivity index is 1.86. The molecule has 3 heteroatoms. The third-order valence-corrected chi connectivity index (χ3v) is 4.25. The summed E-state index contributed by atoms with van der Waals surface area (Å²) < 4.78 is 0. The molecule has 1 fully saturated rings. The monoisotopic (exact) mass is 255 g/mol. The number of hydrogen-bond donors (Lipinski definition) is 1. The maximum atomic E-state index is 6.13. The Morgan fingerprint density at radius 2 is 1.89 bits per heavy atom. The van der Waals surface area contributed by atoms with Gasteiger partial charge in [0.15, 0.2) is 0 Å². The van der Waals surface area contributed by atoms with E-state index in [9.17, 15) is 0 Å². The molecular weight excluding hydrogens is 234 g/mol. The lowest BCUT2D eigenvalue weighted by molar-refractivity contribution is 0.312. The van der Waals surface area contributed by atoms with E-state index in [4.69, 9.17) is 10.7 Å². The Morgan fingerprint density at radius 3 is 2.63 bits per heavy atom. The number of hydrogen-bond acceptors (Lipinski definition) is 3. The molecule has 0 spiro atoms. The van der Waals surface area contributed by atoms with Crippen LogP contribution in [0.2, 0.25) is 0 Å². The fraction of sp³-hybridized carbons (Fsp3) is 0.438. The molecule has 2 unspecified atom stereocenters. The summed E-state index contributed by atoms with van der Waals surface area (Å²) in [6.07, 6.45) is 0. The minimum Gasteiger partial charge on any atom is -0.398 e. The smallest absolute Gasteiger partial charge is 0.0726 e. The van der Waals surface area contributed by atoms with Crippen molar-refractivity contribution < 1.29 is 0 Å². The van der Waals surface area contributed by atoms with Crippen LogP contribution in [0.4, 0.5) is 5.69 Å². The van der Waals surface area contributed by atoms with E-state index in [1.165, 1.54) is 0 Å². The molecule has 3 nitrogen and oxygen atoms in total. The lowest BCUT2D eigenvalue weighted by atomic mass is 10.0. The van der Waals surface area contributed by atoms with Crippen LogP contribution >= 0.6 is 0 Å². The number of anilines is 1. The van der Waals surface area contributed by atoms with Crippen molar-refractivity contribution in [1.82, 2.24) is 9.88 Å². The van der Waals surface area contributed by atoms with Crippen molar-refractivity contribution in [2.75, 3.05) is 18.8 Å². The molecule has 2 atom stereocenters. The fourth-order valence-electron chi connectivity index (χ4n) is 2.95. The highest BCUT2D eigenvalue weighted by molar-refractivity contribution is 5.90. The summed E-state index contributed by atoms with van der Waals surface area (Å²) in [7, 11) is 0. The van der Waals surface area contributed by atoms with Gasteiger partial charge in [-0.1, -0.05) is 32.0 Å². The lowest BCUT2D eigenvalue weighted by Gasteiger charge is -2.15. The Hall–Kier alpha value is -1.61. The molecule has 1 saturated heterocycles. The van der Waals surface area contributed by atoms with Crippen LogP contribution in [0.1, 0.15) is 19.5 Å². The van der Waals surface area contributed by atoms with E-state index in [2.05, 4.69) is 18.7 Å². The van der Waals surface area contributed by atoms with Crippen molar-refractivity contribution in [2.45, 2.75) is 20.4 Å². The number of likely N-dealkylation sites (tertiary alicyclic amines) is 1. The summed E-state index contributed by atoms with van der Waals surface area (Å²) in [5.74, 6) is 1.55. The number of fused-ring (bicyclic) bond motifs is 1.